The molecule has 0 spiro atoms. The van der Waals surface area contributed by atoms with Crippen molar-refractivity contribution in [3.05, 3.63) is 57.5 Å². The fourth-order valence-corrected chi connectivity index (χ4v) is 3.68. The average molecular weight is 409 g/mol. The number of nitrogens with zero attached hydrogens (tertiary/aromatic N) is 3. The molecule has 1 aliphatic rings. The lowest BCUT2D eigenvalue weighted by molar-refractivity contribution is -0.116. The van der Waals surface area contributed by atoms with Gasteiger partial charge in [0.25, 0.3) is 5.56 Å². The minimum atomic E-state index is -0.309. The number of amides is 1. The van der Waals surface area contributed by atoms with E-state index >= 15 is 0 Å². The minimum Gasteiger partial charge on any atom is -0.493 e. The lowest BCUT2D eigenvalue weighted by Crippen LogP contribution is -2.25. The fourth-order valence-electron chi connectivity index (χ4n) is 3.68. The Kier molecular flexibility index (Phi) is 5.26. The van der Waals surface area contributed by atoms with Crippen molar-refractivity contribution in [2.75, 3.05) is 19.0 Å². The topological polar surface area (TPSA) is 111 Å². The van der Waals surface area contributed by atoms with Gasteiger partial charge in [-0.25, -0.2) is 5.10 Å². The van der Waals surface area contributed by atoms with Crippen molar-refractivity contribution in [2.45, 2.75) is 32.6 Å². The number of rotatable bonds is 6. The van der Waals surface area contributed by atoms with Crippen LogP contribution in [0.1, 0.15) is 42.5 Å². The van der Waals surface area contributed by atoms with Gasteiger partial charge < -0.3 is 14.8 Å². The summed E-state index contributed by atoms with van der Waals surface area (Å²) in [5.41, 5.74) is 2.31. The van der Waals surface area contributed by atoms with Crippen LogP contribution >= 0.6 is 0 Å². The second-order valence-corrected chi connectivity index (χ2v) is 7.10. The quantitative estimate of drug-likeness (QED) is 0.647. The number of H-pyrrole nitrogens is 1. The molecule has 1 atom stereocenters. The van der Waals surface area contributed by atoms with Gasteiger partial charge in [-0.1, -0.05) is 13.0 Å². The normalized spacial score (nSPS) is 15.4. The number of fused-ring (bicyclic) bond motifs is 1. The van der Waals surface area contributed by atoms with Crippen molar-refractivity contribution in [3.63, 3.8) is 0 Å². The number of benzene rings is 1. The molecule has 4 rings (SSSR count). The first-order valence-corrected chi connectivity index (χ1v) is 9.78. The molecule has 1 aliphatic heterocycles. The van der Waals surface area contributed by atoms with Crippen molar-refractivity contribution in [3.8, 4) is 17.3 Å². The summed E-state index contributed by atoms with van der Waals surface area (Å²) in [6, 6.07) is 8.67. The molecular weight excluding hydrogens is 386 g/mol. The van der Waals surface area contributed by atoms with Crippen LogP contribution in [0.25, 0.3) is 5.82 Å². The Balaban J connectivity index is 1.78. The molecule has 3 aromatic rings. The van der Waals surface area contributed by atoms with Crippen molar-refractivity contribution < 1.29 is 14.3 Å². The van der Waals surface area contributed by atoms with Crippen LogP contribution in [0.15, 0.2) is 35.1 Å². The van der Waals surface area contributed by atoms with E-state index in [-0.39, 0.29) is 23.8 Å². The molecular formula is C21H23N5O4. The monoisotopic (exact) mass is 409 g/mol. The maximum atomic E-state index is 12.5. The van der Waals surface area contributed by atoms with Crippen LogP contribution in [0.5, 0.6) is 11.5 Å². The summed E-state index contributed by atoms with van der Waals surface area (Å²) in [5, 5.41) is 13.9. The molecule has 2 aromatic heterocycles. The number of aromatic nitrogens is 4. The molecule has 1 amide bonds. The molecule has 9 heteroatoms. The number of anilines is 1. The number of aryl methyl sites for hydroxylation is 1. The van der Waals surface area contributed by atoms with Crippen LogP contribution in [0.4, 0.5) is 5.82 Å². The molecule has 0 radical (unpaired) electrons. The van der Waals surface area contributed by atoms with Gasteiger partial charge in [0.15, 0.2) is 17.3 Å². The number of nitrogens with one attached hydrogen (secondary N) is 2. The molecule has 9 nitrogen and oxygen atoms in total. The smallest absolute Gasteiger partial charge is 0.264 e. The largest absolute Gasteiger partial charge is 0.493 e. The van der Waals surface area contributed by atoms with Gasteiger partial charge in [-0.05, 0) is 37.1 Å². The Labute approximate surface area is 173 Å². The zero-order chi connectivity index (χ0) is 21.3. The fraction of sp³-hybridized carbons (Fsp3) is 0.333. The zero-order valence-corrected chi connectivity index (χ0v) is 17.1. The minimum absolute atomic E-state index is 0.122. The molecule has 3 heterocycles. The first-order chi connectivity index (χ1) is 14.5. The SMILES string of the molecule is CCCOc1ccc(C2CC(=O)Nc3c2c(C)nn3-c2ccc(=O)[nH]n2)cc1OC. The van der Waals surface area contributed by atoms with Crippen LogP contribution in [0.3, 0.4) is 0 Å². The predicted molar refractivity (Wildman–Crippen MR) is 111 cm³/mol. The van der Waals surface area contributed by atoms with Crippen LogP contribution in [0, 0.1) is 6.92 Å². The molecule has 1 aromatic carbocycles. The van der Waals surface area contributed by atoms with Crippen molar-refractivity contribution in [1.29, 1.82) is 0 Å². The third kappa shape index (κ3) is 3.54. The van der Waals surface area contributed by atoms with E-state index in [1.807, 2.05) is 32.0 Å². The summed E-state index contributed by atoms with van der Waals surface area (Å²) in [6.45, 7) is 4.53. The first-order valence-electron chi connectivity index (χ1n) is 9.78. The zero-order valence-electron chi connectivity index (χ0n) is 17.1. The van der Waals surface area contributed by atoms with Gasteiger partial charge in [0.05, 0.1) is 19.4 Å². The van der Waals surface area contributed by atoms with Crippen LogP contribution < -0.4 is 20.3 Å². The summed E-state index contributed by atoms with van der Waals surface area (Å²) in [4.78, 5) is 23.9. The number of hydrogen-bond donors (Lipinski definition) is 2. The van der Waals surface area contributed by atoms with Gasteiger partial charge >= 0.3 is 0 Å². The number of aromatic amines is 1. The molecule has 0 bridgehead atoms. The molecule has 30 heavy (non-hydrogen) atoms. The van der Waals surface area contributed by atoms with Gasteiger partial charge in [0, 0.05) is 24.0 Å². The molecule has 0 aliphatic carbocycles. The van der Waals surface area contributed by atoms with E-state index in [9.17, 15) is 9.59 Å². The summed E-state index contributed by atoms with van der Waals surface area (Å²) in [7, 11) is 1.60. The Morgan fingerprint density at radius 2 is 2.03 bits per heavy atom. The van der Waals surface area contributed by atoms with Gasteiger partial charge in [-0.2, -0.15) is 14.9 Å². The Morgan fingerprint density at radius 1 is 1.20 bits per heavy atom. The third-order valence-corrected chi connectivity index (χ3v) is 5.04. The second kappa shape index (κ2) is 8.02. The number of carbonyl (C=O) groups excluding carboxylic acids is 1. The molecule has 0 saturated carbocycles. The van der Waals surface area contributed by atoms with Crippen LogP contribution in [-0.4, -0.2) is 39.6 Å². The standard InChI is InChI=1S/C21H23N5O4/c1-4-9-30-15-6-5-13(10-16(15)29-3)14-11-19(28)22-21-20(14)12(2)25-26(21)17-7-8-18(27)24-23-17/h5-8,10,14H,4,9,11H2,1-3H3,(H,22,28)(H,24,27). The predicted octanol–water partition coefficient (Wildman–Crippen LogP) is 2.54. The van der Waals surface area contributed by atoms with Crippen molar-refractivity contribution >= 4 is 11.7 Å². The van der Waals surface area contributed by atoms with Crippen molar-refractivity contribution in [2.24, 2.45) is 0 Å². The second-order valence-electron chi connectivity index (χ2n) is 7.10. The summed E-state index contributed by atoms with van der Waals surface area (Å²) in [6.07, 6.45) is 1.19. The average Bonchev–Trinajstić information content (AvgIpc) is 3.08. The van der Waals surface area contributed by atoms with Crippen LogP contribution in [0.2, 0.25) is 0 Å². The number of hydrogen-bond acceptors (Lipinski definition) is 6. The highest BCUT2D eigenvalue weighted by Gasteiger charge is 2.33. The van der Waals surface area contributed by atoms with Gasteiger partial charge in [-0.15, -0.1) is 0 Å². The molecule has 2 N–H and O–H groups in total. The summed E-state index contributed by atoms with van der Waals surface area (Å²) in [5.74, 6) is 1.95. The molecule has 0 fully saturated rings. The number of ether oxygens (including phenoxy) is 2. The van der Waals surface area contributed by atoms with Crippen molar-refractivity contribution in [1.82, 2.24) is 20.0 Å². The lowest BCUT2D eigenvalue weighted by atomic mass is 9.85. The van der Waals surface area contributed by atoms with E-state index < -0.39 is 0 Å². The van der Waals surface area contributed by atoms with E-state index in [4.69, 9.17) is 9.47 Å². The van der Waals surface area contributed by atoms with E-state index in [0.29, 0.717) is 29.7 Å². The first kappa shape index (κ1) is 19.7. The van der Waals surface area contributed by atoms with Gasteiger partial charge in [0.1, 0.15) is 5.82 Å². The number of methoxy groups -OCH3 is 1. The van der Waals surface area contributed by atoms with Gasteiger partial charge in [0.2, 0.25) is 5.91 Å². The maximum Gasteiger partial charge on any atom is 0.264 e. The highest BCUT2D eigenvalue weighted by molar-refractivity contribution is 5.95. The molecule has 1 unspecified atom stereocenters. The Bertz CT molecular complexity index is 1130. The van der Waals surface area contributed by atoms with E-state index in [1.54, 1.807) is 17.9 Å². The summed E-state index contributed by atoms with van der Waals surface area (Å²) >= 11 is 0. The lowest BCUT2D eigenvalue weighted by Gasteiger charge is -2.25. The van der Waals surface area contributed by atoms with E-state index in [1.165, 1.54) is 6.07 Å². The molecule has 0 saturated heterocycles. The maximum absolute atomic E-state index is 12.5. The third-order valence-electron chi connectivity index (χ3n) is 5.04. The summed E-state index contributed by atoms with van der Waals surface area (Å²) < 4.78 is 12.8. The highest BCUT2D eigenvalue weighted by atomic mass is 16.5. The van der Waals surface area contributed by atoms with Gasteiger partial charge in [-0.3, -0.25) is 9.59 Å². The van der Waals surface area contributed by atoms with E-state index in [0.717, 1.165) is 23.2 Å². The van der Waals surface area contributed by atoms with E-state index in [2.05, 4.69) is 20.6 Å². The Hall–Kier alpha value is -3.62. The van der Waals surface area contributed by atoms with Crippen LogP contribution in [-0.2, 0) is 4.79 Å². The molecule has 156 valence electrons. The Morgan fingerprint density at radius 3 is 2.73 bits per heavy atom. The highest BCUT2D eigenvalue weighted by Crippen LogP contribution is 2.42. The number of carbonyl (C=O) groups is 1.